The first kappa shape index (κ1) is 15.7. The average Bonchev–Trinajstić information content (AvgIpc) is 2.47. The van der Waals surface area contributed by atoms with E-state index in [0.717, 1.165) is 36.3 Å². The molecule has 0 bridgehead atoms. The fraction of sp³-hybridized carbons (Fsp3) is 0.529. The van der Waals surface area contributed by atoms with Crippen molar-refractivity contribution in [2.75, 3.05) is 19.6 Å². The third kappa shape index (κ3) is 3.91. The topological polar surface area (TPSA) is 49.4 Å². The Kier molecular flexibility index (Phi) is 5.12. The van der Waals surface area contributed by atoms with Gasteiger partial charge in [0.1, 0.15) is 0 Å². The van der Waals surface area contributed by atoms with Crippen LogP contribution in [0.1, 0.15) is 41.3 Å². The summed E-state index contributed by atoms with van der Waals surface area (Å²) in [6.45, 7) is 8.35. The Morgan fingerprint density at radius 3 is 2.76 bits per heavy atom. The van der Waals surface area contributed by atoms with Crippen LogP contribution in [0.5, 0.6) is 0 Å². The number of carbonyl (C=O) groups excluding carboxylic acids is 2. The van der Waals surface area contributed by atoms with Gasteiger partial charge in [-0.25, -0.2) is 0 Å². The SMILES string of the molecule is Cc1ccc(C)c(C(=O)CCC(=O)N2CCNCC2C)c1. The highest BCUT2D eigenvalue weighted by Crippen LogP contribution is 2.15. The van der Waals surface area contributed by atoms with Gasteiger partial charge < -0.3 is 10.2 Å². The zero-order chi connectivity index (χ0) is 15.4. The quantitative estimate of drug-likeness (QED) is 0.863. The number of nitrogens with zero attached hydrogens (tertiary/aromatic N) is 1. The fourth-order valence-electron chi connectivity index (χ4n) is 2.75. The summed E-state index contributed by atoms with van der Waals surface area (Å²) in [5.41, 5.74) is 2.80. The summed E-state index contributed by atoms with van der Waals surface area (Å²) in [6, 6.07) is 6.08. The van der Waals surface area contributed by atoms with Gasteiger partial charge in [0.2, 0.25) is 5.91 Å². The molecule has 4 nitrogen and oxygen atoms in total. The third-order valence-corrected chi connectivity index (χ3v) is 4.08. The van der Waals surface area contributed by atoms with Crippen molar-refractivity contribution < 1.29 is 9.59 Å². The summed E-state index contributed by atoms with van der Waals surface area (Å²) >= 11 is 0. The maximum Gasteiger partial charge on any atom is 0.223 e. The van der Waals surface area contributed by atoms with Gasteiger partial charge in [-0.2, -0.15) is 0 Å². The molecule has 1 N–H and O–H groups in total. The second-order valence-corrected chi connectivity index (χ2v) is 5.88. The van der Waals surface area contributed by atoms with E-state index in [1.54, 1.807) is 0 Å². The van der Waals surface area contributed by atoms with Crippen LogP contribution in [-0.4, -0.2) is 42.3 Å². The average molecular weight is 288 g/mol. The van der Waals surface area contributed by atoms with Crippen molar-refractivity contribution in [3.8, 4) is 0 Å². The lowest BCUT2D eigenvalue weighted by molar-refractivity contribution is -0.133. The van der Waals surface area contributed by atoms with Crippen molar-refractivity contribution in [3.63, 3.8) is 0 Å². The molecule has 1 aliphatic heterocycles. The number of Topliss-reactive ketones (excluding diaryl/α,β-unsaturated/α-hetero) is 1. The van der Waals surface area contributed by atoms with E-state index < -0.39 is 0 Å². The van der Waals surface area contributed by atoms with Gasteiger partial charge in [-0.3, -0.25) is 9.59 Å². The lowest BCUT2D eigenvalue weighted by atomic mass is 9.99. The van der Waals surface area contributed by atoms with Crippen LogP contribution < -0.4 is 5.32 Å². The predicted molar refractivity (Wildman–Crippen MR) is 83.5 cm³/mol. The van der Waals surface area contributed by atoms with Crippen LogP contribution in [0.15, 0.2) is 18.2 Å². The predicted octanol–water partition coefficient (Wildman–Crippen LogP) is 2.09. The highest BCUT2D eigenvalue weighted by molar-refractivity contribution is 5.99. The fourth-order valence-corrected chi connectivity index (χ4v) is 2.75. The molecular formula is C17H24N2O2. The molecule has 1 fully saturated rings. The van der Waals surface area contributed by atoms with Gasteiger partial charge in [-0.05, 0) is 32.4 Å². The van der Waals surface area contributed by atoms with E-state index in [-0.39, 0.29) is 17.7 Å². The summed E-state index contributed by atoms with van der Waals surface area (Å²) < 4.78 is 0. The molecule has 0 radical (unpaired) electrons. The lowest BCUT2D eigenvalue weighted by Gasteiger charge is -2.34. The first-order valence-electron chi connectivity index (χ1n) is 7.59. The van der Waals surface area contributed by atoms with Crippen molar-refractivity contribution in [1.29, 1.82) is 0 Å². The number of nitrogens with one attached hydrogen (secondary N) is 1. The van der Waals surface area contributed by atoms with Crippen LogP contribution in [-0.2, 0) is 4.79 Å². The summed E-state index contributed by atoms with van der Waals surface area (Å²) in [6.07, 6.45) is 0.594. The molecule has 1 aromatic carbocycles. The van der Waals surface area contributed by atoms with Gasteiger partial charge in [0, 0.05) is 44.1 Å². The highest BCUT2D eigenvalue weighted by Gasteiger charge is 2.23. The molecule has 1 atom stereocenters. The summed E-state index contributed by atoms with van der Waals surface area (Å²) in [4.78, 5) is 26.4. The van der Waals surface area contributed by atoms with E-state index in [0.29, 0.717) is 12.8 Å². The molecule has 0 spiro atoms. The Morgan fingerprint density at radius 2 is 2.05 bits per heavy atom. The molecule has 0 aromatic heterocycles. The number of carbonyl (C=O) groups is 2. The Labute approximate surface area is 126 Å². The Balaban J connectivity index is 1.94. The molecule has 1 heterocycles. The molecule has 4 heteroatoms. The summed E-state index contributed by atoms with van der Waals surface area (Å²) in [5.74, 6) is 0.148. The summed E-state index contributed by atoms with van der Waals surface area (Å²) in [5, 5.41) is 3.26. The summed E-state index contributed by atoms with van der Waals surface area (Å²) in [7, 11) is 0. The van der Waals surface area contributed by atoms with Crippen LogP contribution in [0.2, 0.25) is 0 Å². The Bertz CT molecular complexity index is 540. The van der Waals surface area contributed by atoms with Gasteiger partial charge in [0.05, 0.1) is 0 Å². The normalized spacial score (nSPS) is 18.6. The minimum Gasteiger partial charge on any atom is -0.337 e. The molecule has 1 aromatic rings. The number of rotatable bonds is 4. The molecule has 1 amide bonds. The first-order valence-corrected chi connectivity index (χ1v) is 7.59. The van der Waals surface area contributed by atoms with E-state index in [4.69, 9.17) is 0 Å². The van der Waals surface area contributed by atoms with Crippen molar-refractivity contribution in [3.05, 3.63) is 34.9 Å². The molecule has 21 heavy (non-hydrogen) atoms. The number of benzene rings is 1. The van der Waals surface area contributed by atoms with Crippen LogP contribution in [0.4, 0.5) is 0 Å². The van der Waals surface area contributed by atoms with Gasteiger partial charge in [-0.1, -0.05) is 17.7 Å². The van der Waals surface area contributed by atoms with Crippen molar-refractivity contribution in [2.45, 2.75) is 39.7 Å². The van der Waals surface area contributed by atoms with E-state index >= 15 is 0 Å². The molecule has 114 valence electrons. The van der Waals surface area contributed by atoms with Gasteiger partial charge >= 0.3 is 0 Å². The molecule has 0 saturated carbocycles. The van der Waals surface area contributed by atoms with E-state index in [1.807, 2.05) is 43.9 Å². The molecule has 1 unspecified atom stereocenters. The first-order chi connectivity index (χ1) is 9.99. The van der Waals surface area contributed by atoms with Gasteiger partial charge in [0.25, 0.3) is 0 Å². The third-order valence-electron chi connectivity index (χ3n) is 4.08. The maximum absolute atomic E-state index is 12.3. The highest BCUT2D eigenvalue weighted by atomic mass is 16.2. The van der Waals surface area contributed by atoms with Crippen LogP contribution in [0.3, 0.4) is 0 Å². The largest absolute Gasteiger partial charge is 0.337 e. The minimum absolute atomic E-state index is 0.0623. The van der Waals surface area contributed by atoms with E-state index in [2.05, 4.69) is 5.32 Å². The molecule has 2 rings (SSSR count). The molecular weight excluding hydrogens is 264 g/mol. The Morgan fingerprint density at radius 1 is 1.29 bits per heavy atom. The van der Waals surface area contributed by atoms with Gasteiger partial charge in [0.15, 0.2) is 5.78 Å². The van der Waals surface area contributed by atoms with Crippen molar-refractivity contribution in [1.82, 2.24) is 10.2 Å². The van der Waals surface area contributed by atoms with Crippen molar-refractivity contribution in [2.24, 2.45) is 0 Å². The Hall–Kier alpha value is -1.68. The molecule has 1 aliphatic rings. The lowest BCUT2D eigenvalue weighted by Crippen LogP contribution is -2.52. The number of hydrogen-bond acceptors (Lipinski definition) is 3. The van der Waals surface area contributed by atoms with Crippen LogP contribution in [0, 0.1) is 13.8 Å². The van der Waals surface area contributed by atoms with E-state index in [1.165, 1.54) is 0 Å². The monoisotopic (exact) mass is 288 g/mol. The standard InChI is InChI=1S/C17H24N2O2/c1-12-4-5-13(2)15(10-12)16(20)6-7-17(21)19-9-8-18-11-14(19)3/h4-5,10,14,18H,6-9,11H2,1-3H3. The molecule has 0 aliphatic carbocycles. The second-order valence-electron chi connectivity index (χ2n) is 5.88. The maximum atomic E-state index is 12.3. The number of ketones is 1. The zero-order valence-electron chi connectivity index (χ0n) is 13.1. The minimum atomic E-state index is 0.0623. The smallest absolute Gasteiger partial charge is 0.223 e. The second kappa shape index (κ2) is 6.85. The number of amides is 1. The zero-order valence-corrected chi connectivity index (χ0v) is 13.1. The number of aryl methyl sites for hydroxylation is 2. The van der Waals surface area contributed by atoms with Crippen molar-refractivity contribution >= 4 is 11.7 Å². The van der Waals surface area contributed by atoms with Crippen LogP contribution in [0.25, 0.3) is 0 Å². The van der Waals surface area contributed by atoms with Gasteiger partial charge in [-0.15, -0.1) is 0 Å². The number of hydrogen-bond donors (Lipinski definition) is 1. The van der Waals surface area contributed by atoms with Crippen LogP contribution >= 0.6 is 0 Å². The molecule has 1 saturated heterocycles. The van der Waals surface area contributed by atoms with E-state index in [9.17, 15) is 9.59 Å². The number of piperazine rings is 1.